The lowest BCUT2D eigenvalue weighted by atomic mass is 10.1. The summed E-state index contributed by atoms with van der Waals surface area (Å²) < 4.78 is 2.19. The number of carbonyl (C=O) groups is 1. The van der Waals surface area contributed by atoms with E-state index in [1.54, 1.807) is 4.57 Å². The third-order valence-electron chi connectivity index (χ3n) is 3.38. The Kier molecular flexibility index (Phi) is 5.49. The molecule has 0 fully saturated rings. The normalized spacial score (nSPS) is 10.9. The van der Waals surface area contributed by atoms with Gasteiger partial charge in [-0.05, 0) is 37.5 Å². The minimum atomic E-state index is -0.0490. The standard InChI is InChI=1S/C16H22N4OS/c1-11(2)7-8-17-14(21)10-20-15(18-19-16(20)22)13-6-4-5-12(3)9-13/h4-6,9,11H,7-8,10H2,1-3H3,(H,17,21)(H,19,22). The average molecular weight is 318 g/mol. The fourth-order valence-corrected chi connectivity index (χ4v) is 2.37. The highest BCUT2D eigenvalue weighted by Crippen LogP contribution is 2.18. The zero-order chi connectivity index (χ0) is 16.1. The third-order valence-corrected chi connectivity index (χ3v) is 3.69. The van der Waals surface area contributed by atoms with E-state index in [0.717, 1.165) is 17.5 Å². The van der Waals surface area contributed by atoms with Gasteiger partial charge in [-0.25, -0.2) is 0 Å². The Bertz CT molecular complexity index is 702. The second-order valence-electron chi connectivity index (χ2n) is 5.84. The van der Waals surface area contributed by atoms with Crippen LogP contribution in [0.1, 0.15) is 25.8 Å². The molecule has 0 saturated heterocycles. The van der Waals surface area contributed by atoms with Gasteiger partial charge in [0.2, 0.25) is 5.91 Å². The molecular weight excluding hydrogens is 296 g/mol. The highest BCUT2D eigenvalue weighted by Gasteiger charge is 2.12. The summed E-state index contributed by atoms with van der Waals surface area (Å²) in [5.74, 6) is 1.21. The van der Waals surface area contributed by atoms with E-state index >= 15 is 0 Å². The van der Waals surface area contributed by atoms with E-state index in [9.17, 15) is 4.79 Å². The van der Waals surface area contributed by atoms with Crippen LogP contribution in [0.15, 0.2) is 24.3 Å². The summed E-state index contributed by atoms with van der Waals surface area (Å²) in [5, 5.41) is 9.95. The highest BCUT2D eigenvalue weighted by atomic mass is 32.1. The number of nitrogens with one attached hydrogen (secondary N) is 2. The molecule has 1 aromatic carbocycles. The Morgan fingerprint density at radius 2 is 2.23 bits per heavy atom. The summed E-state index contributed by atoms with van der Waals surface area (Å²) in [6, 6.07) is 7.98. The molecule has 2 aromatic rings. The van der Waals surface area contributed by atoms with E-state index in [2.05, 4.69) is 29.4 Å². The van der Waals surface area contributed by atoms with Crippen molar-refractivity contribution in [1.29, 1.82) is 0 Å². The number of rotatable bonds is 6. The van der Waals surface area contributed by atoms with Crippen molar-refractivity contribution in [2.24, 2.45) is 5.92 Å². The smallest absolute Gasteiger partial charge is 0.240 e. The Morgan fingerprint density at radius 3 is 2.91 bits per heavy atom. The van der Waals surface area contributed by atoms with Gasteiger partial charge >= 0.3 is 0 Å². The molecule has 0 unspecified atom stereocenters. The van der Waals surface area contributed by atoms with Gasteiger partial charge in [-0.1, -0.05) is 37.6 Å². The molecule has 2 N–H and O–H groups in total. The number of H-pyrrole nitrogens is 1. The number of benzene rings is 1. The van der Waals surface area contributed by atoms with E-state index in [1.807, 2.05) is 31.2 Å². The predicted octanol–water partition coefficient (Wildman–Crippen LogP) is 3.08. The maximum absolute atomic E-state index is 12.1. The van der Waals surface area contributed by atoms with Gasteiger partial charge in [-0.2, -0.15) is 5.10 Å². The molecule has 0 bridgehead atoms. The van der Waals surface area contributed by atoms with Crippen molar-refractivity contribution in [3.63, 3.8) is 0 Å². The van der Waals surface area contributed by atoms with Gasteiger partial charge in [0.05, 0.1) is 0 Å². The molecule has 6 heteroatoms. The first-order chi connectivity index (χ1) is 10.5. The fraction of sp³-hybridized carbons (Fsp3) is 0.438. The number of aromatic nitrogens is 3. The maximum atomic E-state index is 12.1. The largest absolute Gasteiger partial charge is 0.355 e. The van der Waals surface area contributed by atoms with Crippen molar-refractivity contribution in [2.75, 3.05) is 6.54 Å². The average Bonchev–Trinajstić information content (AvgIpc) is 2.80. The van der Waals surface area contributed by atoms with Crippen LogP contribution in [0.4, 0.5) is 0 Å². The summed E-state index contributed by atoms with van der Waals surface area (Å²) >= 11 is 5.24. The van der Waals surface area contributed by atoms with E-state index in [-0.39, 0.29) is 12.5 Å². The molecule has 0 saturated carbocycles. The predicted molar refractivity (Wildman–Crippen MR) is 90.0 cm³/mol. The first kappa shape index (κ1) is 16.4. The first-order valence-electron chi connectivity index (χ1n) is 7.46. The van der Waals surface area contributed by atoms with Crippen LogP contribution < -0.4 is 5.32 Å². The molecule has 0 aliphatic rings. The number of amides is 1. The van der Waals surface area contributed by atoms with Crippen molar-refractivity contribution in [2.45, 2.75) is 33.7 Å². The quantitative estimate of drug-likeness (QED) is 0.805. The van der Waals surface area contributed by atoms with Crippen molar-refractivity contribution in [3.8, 4) is 11.4 Å². The molecule has 2 rings (SSSR count). The van der Waals surface area contributed by atoms with Crippen LogP contribution in [0.2, 0.25) is 0 Å². The number of carbonyl (C=O) groups excluding carboxylic acids is 1. The van der Waals surface area contributed by atoms with Crippen LogP contribution >= 0.6 is 12.2 Å². The van der Waals surface area contributed by atoms with Crippen LogP contribution in [-0.4, -0.2) is 27.2 Å². The monoisotopic (exact) mass is 318 g/mol. The van der Waals surface area contributed by atoms with Crippen LogP contribution in [0.5, 0.6) is 0 Å². The zero-order valence-electron chi connectivity index (χ0n) is 13.2. The van der Waals surface area contributed by atoms with Crippen LogP contribution in [0.3, 0.4) is 0 Å². The Labute approximate surface area is 135 Å². The Morgan fingerprint density at radius 1 is 1.45 bits per heavy atom. The van der Waals surface area contributed by atoms with Crippen molar-refractivity contribution >= 4 is 18.1 Å². The van der Waals surface area contributed by atoms with E-state index in [1.165, 1.54) is 0 Å². The van der Waals surface area contributed by atoms with E-state index in [4.69, 9.17) is 12.2 Å². The highest BCUT2D eigenvalue weighted by molar-refractivity contribution is 7.71. The summed E-state index contributed by atoms with van der Waals surface area (Å²) in [4.78, 5) is 12.1. The van der Waals surface area contributed by atoms with E-state index in [0.29, 0.717) is 23.1 Å². The summed E-state index contributed by atoms with van der Waals surface area (Å²) in [5.41, 5.74) is 2.08. The number of nitrogens with zero attached hydrogens (tertiary/aromatic N) is 2. The molecule has 118 valence electrons. The Balaban J connectivity index is 2.13. The lowest BCUT2D eigenvalue weighted by Gasteiger charge is -2.09. The topological polar surface area (TPSA) is 62.7 Å². The van der Waals surface area contributed by atoms with Crippen LogP contribution in [0.25, 0.3) is 11.4 Å². The molecule has 1 heterocycles. The maximum Gasteiger partial charge on any atom is 0.240 e. The van der Waals surface area contributed by atoms with Gasteiger partial charge in [-0.3, -0.25) is 14.5 Å². The number of aromatic amines is 1. The van der Waals surface area contributed by atoms with Gasteiger partial charge in [0.15, 0.2) is 10.6 Å². The van der Waals surface area contributed by atoms with Gasteiger partial charge < -0.3 is 5.32 Å². The first-order valence-corrected chi connectivity index (χ1v) is 7.87. The molecule has 5 nitrogen and oxygen atoms in total. The number of aryl methyl sites for hydroxylation is 1. The van der Waals surface area contributed by atoms with Gasteiger partial charge in [0.1, 0.15) is 6.54 Å². The SMILES string of the molecule is Cc1cccc(-c2n[nH]c(=S)n2CC(=O)NCCC(C)C)c1. The second kappa shape index (κ2) is 7.35. The lowest BCUT2D eigenvalue weighted by Crippen LogP contribution is -2.29. The van der Waals surface area contributed by atoms with Crippen molar-refractivity contribution in [3.05, 3.63) is 34.6 Å². The molecule has 0 spiro atoms. The number of hydrogen-bond donors (Lipinski definition) is 2. The summed E-state index contributed by atoms with van der Waals surface area (Å²) in [6.07, 6.45) is 0.966. The van der Waals surface area contributed by atoms with Gasteiger partial charge in [-0.15, -0.1) is 0 Å². The Hall–Kier alpha value is -1.95. The third kappa shape index (κ3) is 4.27. The molecule has 0 atom stereocenters. The molecule has 1 aromatic heterocycles. The van der Waals surface area contributed by atoms with Gasteiger partial charge in [0.25, 0.3) is 0 Å². The minimum Gasteiger partial charge on any atom is -0.355 e. The number of hydrogen-bond acceptors (Lipinski definition) is 3. The molecule has 0 aliphatic carbocycles. The molecule has 0 aliphatic heterocycles. The fourth-order valence-electron chi connectivity index (χ4n) is 2.17. The van der Waals surface area contributed by atoms with Crippen molar-refractivity contribution in [1.82, 2.24) is 20.1 Å². The van der Waals surface area contributed by atoms with E-state index < -0.39 is 0 Å². The summed E-state index contributed by atoms with van der Waals surface area (Å²) in [6.45, 7) is 7.15. The lowest BCUT2D eigenvalue weighted by molar-refractivity contribution is -0.121. The van der Waals surface area contributed by atoms with Crippen LogP contribution in [0, 0.1) is 17.6 Å². The molecule has 1 amide bonds. The second-order valence-corrected chi connectivity index (χ2v) is 6.23. The zero-order valence-corrected chi connectivity index (χ0v) is 14.0. The molecular formula is C16H22N4OS. The van der Waals surface area contributed by atoms with Gasteiger partial charge in [0, 0.05) is 12.1 Å². The molecule has 22 heavy (non-hydrogen) atoms. The minimum absolute atomic E-state index is 0.0490. The summed E-state index contributed by atoms with van der Waals surface area (Å²) in [7, 11) is 0. The molecule has 0 radical (unpaired) electrons. The van der Waals surface area contributed by atoms with Crippen molar-refractivity contribution < 1.29 is 4.79 Å². The van der Waals surface area contributed by atoms with Crippen LogP contribution in [-0.2, 0) is 11.3 Å².